The van der Waals surface area contributed by atoms with Gasteiger partial charge in [0, 0.05) is 18.2 Å². The zero-order valence-corrected chi connectivity index (χ0v) is 12.0. The summed E-state index contributed by atoms with van der Waals surface area (Å²) in [5, 5.41) is 0. The van der Waals surface area contributed by atoms with Gasteiger partial charge >= 0.3 is 0 Å². The van der Waals surface area contributed by atoms with Gasteiger partial charge in [0.1, 0.15) is 0 Å². The summed E-state index contributed by atoms with van der Waals surface area (Å²) in [5.41, 5.74) is 9.56. The minimum Gasteiger partial charge on any atom is -0.328 e. The number of nitrogens with two attached hydrogens (primary N) is 1. The van der Waals surface area contributed by atoms with Gasteiger partial charge in [-0.05, 0) is 25.3 Å². The standard InChI is InChI=1S/C16H23N3/c1-12(2)7-15(9-17)19-11-18-10-16(19)14-6-4-5-13(3)8-14/h4-6,8,10-12,15H,7,9,17H2,1-3H3. The minimum absolute atomic E-state index is 0.318. The first-order valence-corrected chi connectivity index (χ1v) is 6.90. The highest BCUT2D eigenvalue weighted by atomic mass is 15.1. The Balaban J connectivity index is 2.36. The van der Waals surface area contributed by atoms with Crippen LogP contribution >= 0.6 is 0 Å². The lowest BCUT2D eigenvalue weighted by Crippen LogP contribution is -2.21. The molecule has 1 heterocycles. The monoisotopic (exact) mass is 257 g/mol. The van der Waals surface area contributed by atoms with E-state index in [4.69, 9.17) is 5.73 Å². The number of imidazole rings is 1. The molecule has 102 valence electrons. The Bertz CT molecular complexity index is 528. The maximum absolute atomic E-state index is 5.94. The van der Waals surface area contributed by atoms with Crippen molar-refractivity contribution < 1.29 is 0 Å². The molecule has 1 atom stereocenters. The highest BCUT2D eigenvalue weighted by Crippen LogP contribution is 2.26. The van der Waals surface area contributed by atoms with E-state index >= 15 is 0 Å². The van der Waals surface area contributed by atoms with Crippen molar-refractivity contribution in [2.24, 2.45) is 11.7 Å². The average molecular weight is 257 g/mol. The van der Waals surface area contributed by atoms with E-state index in [9.17, 15) is 0 Å². The van der Waals surface area contributed by atoms with Gasteiger partial charge in [-0.25, -0.2) is 4.98 Å². The molecule has 2 rings (SSSR count). The van der Waals surface area contributed by atoms with Crippen molar-refractivity contribution >= 4 is 0 Å². The molecule has 1 unspecified atom stereocenters. The molecule has 3 nitrogen and oxygen atoms in total. The van der Waals surface area contributed by atoms with Crippen LogP contribution in [0.2, 0.25) is 0 Å². The third-order valence-electron chi connectivity index (χ3n) is 3.39. The van der Waals surface area contributed by atoms with Crippen molar-refractivity contribution in [1.29, 1.82) is 0 Å². The van der Waals surface area contributed by atoms with Crippen molar-refractivity contribution in [2.45, 2.75) is 33.2 Å². The van der Waals surface area contributed by atoms with E-state index in [0.717, 1.165) is 12.1 Å². The Morgan fingerprint density at radius 2 is 2.11 bits per heavy atom. The molecule has 0 aliphatic carbocycles. The second-order valence-electron chi connectivity index (χ2n) is 5.57. The van der Waals surface area contributed by atoms with E-state index in [2.05, 4.69) is 54.6 Å². The fourth-order valence-electron chi connectivity index (χ4n) is 2.49. The fraction of sp³-hybridized carbons (Fsp3) is 0.438. The number of hydrogen-bond donors (Lipinski definition) is 1. The van der Waals surface area contributed by atoms with Gasteiger partial charge in [-0.1, -0.05) is 37.6 Å². The molecule has 0 saturated carbocycles. The van der Waals surface area contributed by atoms with Gasteiger partial charge in [-0.2, -0.15) is 0 Å². The van der Waals surface area contributed by atoms with Crippen LogP contribution < -0.4 is 5.73 Å². The maximum Gasteiger partial charge on any atom is 0.0954 e. The quantitative estimate of drug-likeness (QED) is 0.892. The zero-order chi connectivity index (χ0) is 13.8. The Labute approximate surface area is 115 Å². The number of aryl methyl sites for hydroxylation is 1. The third kappa shape index (κ3) is 3.24. The molecule has 0 aliphatic rings. The van der Waals surface area contributed by atoms with Crippen molar-refractivity contribution in [3.05, 3.63) is 42.4 Å². The van der Waals surface area contributed by atoms with Crippen LogP contribution in [0.25, 0.3) is 11.3 Å². The molecule has 19 heavy (non-hydrogen) atoms. The highest BCUT2D eigenvalue weighted by molar-refractivity contribution is 5.60. The van der Waals surface area contributed by atoms with Gasteiger partial charge in [-0.15, -0.1) is 0 Å². The number of nitrogens with zero attached hydrogens (tertiary/aromatic N) is 2. The molecule has 2 aromatic rings. The van der Waals surface area contributed by atoms with Gasteiger partial charge in [-0.3, -0.25) is 0 Å². The Morgan fingerprint density at radius 1 is 1.32 bits per heavy atom. The molecule has 0 bridgehead atoms. The molecule has 3 heteroatoms. The summed E-state index contributed by atoms with van der Waals surface area (Å²) < 4.78 is 2.22. The smallest absolute Gasteiger partial charge is 0.0954 e. The van der Waals surface area contributed by atoms with Crippen LogP contribution in [0.15, 0.2) is 36.8 Å². The SMILES string of the molecule is Cc1cccc(-c2cncn2C(CN)CC(C)C)c1. The molecule has 0 aliphatic heterocycles. The highest BCUT2D eigenvalue weighted by Gasteiger charge is 2.15. The molecule has 2 N–H and O–H groups in total. The summed E-state index contributed by atoms with van der Waals surface area (Å²) in [6.45, 7) is 7.21. The van der Waals surface area contributed by atoms with Crippen molar-refractivity contribution in [3.8, 4) is 11.3 Å². The van der Waals surface area contributed by atoms with Gasteiger partial charge in [0.15, 0.2) is 0 Å². The van der Waals surface area contributed by atoms with Crippen LogP contribution in [0.5, 0.6) is 0 Å². The number of benzene rings is 1. The second-order valence-corrected chi connectivity index (χ2v) is 5.57. The molecule has 0 fully saturated rings. The molecule has 0 saturated heterocycles. The number of aromatic nitrogens is 2. The first kappa shape index (κ1) is 13.8. The predicted octanol–water partition coefficient (Wildman–Crippen LogP) is 3.40. The summed E-state index contributed by atoms with van der Waals surface area (Å²) in [6.07, 6.45) is 4.90. The first-order valence-electron chi connectivity index (χ1n) is 6.90. The van der Waals surface area contributed by atoms with Gasteiger partial charge in [0.2, 0.25) is 0 Å². The average Bonchev–Trinajstić information content (AvgIpc) is 2.84. The minimum atomic E-state index is 0.318. The summed E-state index contributed by atoms with van der Waals surface area (Å²) in [5.74, 6) is 0.626. The van der Waals surface area contributed by atoms with Crippen LogP contribution in [-0.2, 0) is 0 Å². The Kier molecular flexibility index (Phi) is 4.38. The normalized spacial score (nSPS) is 12.9. The number of rotatable bonds is 5. The number of hydrogen-bond acceptors (Lipinski definition) is 2. The van der Waals surface area contributed by atoms with Crippen LogP contribution in [0.1, 0.15) is 31.9 Å². The molecule has 0 amide bonds. The van der Waals surface area contributed by atoms with Gasteiger partial charge < -0.3 is 10.3 Å². The Hall–Kier alpha value is -1.61. The van der Waals surface area contributed by atoms with E-state index in [1.165, 1.54) is 11.1 Å². The second kappa shape index (κ2) is 6.02. The molecule has 1 aromatic carbocycles. The lowest BCUT2D eigenvalue weighted by atomic mass is 10.0. The largest absolute Gasteiger partial charge is 0.328 e. The first-order chi connectivity index (χ1) is 9.11. The lowest BCUT2D eigenvalue weighted by molar-refractivity contribution is 0.410. The van der Waals surface area contributed by atoms with Crippen molar-refractivity contribution in [2.75, 3.05) is 6.54 Å². The van der Waals surface area contributed by atoms with E-state index in [1.54, 1.807) is 0 Å². The zero-order valence-electron chi connectivity index (χ0n) is 12.0. The van der Waals surface area contributed by atoms with Crippen molar-refractivity contribution in [3.63, 3.8) is 0 Å². The summed E-state index contributed by atoms with van der Waals surface area (Å²) >= 11 is 0. The van der Waals surface area contributed by atoms with E-state index in [0.29, 0.717) is 18.5 Å². The predicted molar refractivity (Wildman–Crippen MR) is 79.9 cm³/mol. The van der Waals surface area contributed by atoms with Crippen molar-refractivity contribution in [1.82, 2.24) is 9.55 Å². The molecule has 1 aromatic heterocycles. The molecular formula is C16H23N3. The van der Waals surface area contributed by atoms with E-state index in [1.807, 2.05) is 12.5 Å². The molecule has 0 spiro atoms. The van der Waals surface area contributed by atoms with Crippen LogP contribution in [0, 0.1) is 12.8 Å². The fourth-order valence-corrected chi connectivity index (χ4v) is 2.49. The van der Waals surface area contributed by atoms with Gasteiger partial charge in [0.25, 0.3) is 0 Å². The summed E-state index contributed by atoms with van der Waals surface area (Å²) in [4.78, 5) is 4.31. The van der Waals surface area contributed by atoms with Crippen LogP contribution in [-0.4, -0.2) is 16.1 Å². The van der Waals surface area contributed by atoms with E-state index in [-0.39, 0.29) is 0 Å². The van der Waals surface area contributed by atoms with Crippen LogP contribution in [0.4, 0.5) is 0 Å². The van der Waals surface area contributed by atoms with Crippen LogP contribution in [0.3, 0.4) is 0 Å². The lowest BCUT2D eigenvalue weighted by Gasteiger charge is -2.21. The molecular weight excluding hydrogens is 234 g/mol. The molecule has 0 radical (unpaired) electrons. The summed E-state index contributed by atoms with van der Waals surface area (Å²) in [7, 11) is 0. The van der Waals surface area contributed by atoms with E-state index < -0.39 is 0 Å². The maximum atomic E-state index is 5.94. The third-order valence-corrected chi connectivity index (χ3v) is 3.39. The van der Waals surface area contributed by atoms with Gasteiger partial charge in [0.05, 0.1) is 18.2 Å². The Morgan fingerprint density at radius 3 is 2.74 bits per heavy atom. The topological polar surface area (TPSA) is 43.8 Å². The summed E-state index contributed by atoms with van der Waals surface area (Å²) in [6, 6.07) is 8.83.